The Hall–Kier alpha value is -0.610. The van der Waals surface area contributed by atoms with E-state index in [9.17, 15) is 4.79 Å². The van der Waals surface area contributed by atoms with Crippen molar-refractivity contribution < 1.29 is 4.79 Å². The number of carbonyl (C=O) groups is 1. The number of guanidine groups is 1. The maximum atomic E-state index is 12.0. The van der Waals surface area contributed by atoms with E-state index in [0.29, 0.717) is 13.0 Å². The molecule has 1 aliphatic rings. The van der Waals surface area contributed by atoms with Gasteiger partial charge in [-0.25, -0.2) is 0 Å². The third-order valence-corrected chi connectivity index (χ3v) is 4.69. The van der Waals surface area contributed by atoms with Crippen molar-refractivity contribution in [3.63, 3.8) is 0 Å². The van der Waals surface area contributed by atoms with Gasteiger partial charge in [-0.3, -0.25) is 14.7 Å². The van der Waals surface area contributed by atoms with Crippen LogP contribution in [0.3, 0.4) is 0 Å². The summed E-state index contributed by atoms with van der Waals surface area (Å²) < 4.78 is 0. The van der Waals surface area contributed by atoms with Gasteiger partial charge in [0.1, 0.15) is 0 Å². The maximum Gasteiger partial charge on any atom is 0.224 e. The standard InChI is InChI=1S/C18H38N6O.HI/c1-5-19-18(20-10-9-17(25)24(7-3)8-4)21-11-12-23-15-13-22(6-2)14-16-23;/h5-16H2,1-4H3,(H2,19,20,21);1H. The topological polar surface area (TPSA) is 63.2 Å². The van der Waals surface area contributed by atoms with E-state index in [0.717, 1.165) is 71.4 Å². The summed E-state index contributed by atoms with van der Waals surface area (Å²) in [7, 11) is 0. The quantitative estimate of drug-likeness (QED) is 0.277. The first-order chi connectivity index (χ1) is 12.1. The first-order valence-corrected chi connectivity index (χ1v) is 9.89. The molecular formula is C18H39IN6O. The molecule has 1 aliphatic heterocycles. The van der Waals surface area contributed by atoms with Gasteiger partial charge in [-0.15, -0.1) is 24.0 Å². The Kier molecular flexibility index (Phi) is 15.1. The van der Waals surface area contributed by atoms with E-state index in [-0.39, 0.29) is 29.9 Å². The summed E-state index contributed by atoms with van der Waals surface area (Å²) in [5.74, 6) is 1.00. The van der Waals surface area contributed by atoms with Gasteiger partial charge in [-0.05, 0) is 27.3 Å². The molecular weight excluding hydrogens is 443 g/mol. The minimum atomic E-state index is 0. The number of piperazine rings is 1. The predicted octanol–water partition coefficient (Wildman–Crippen LogP) is 1.06. The van der Waals surface area contributed by atoms with Gasteiger partial charge < -0.3 is 20.4 Å². The van der Waals surface area contributed by atoms with Crippen LogP contribution in [0.15, 0.2) is 4.99 Å². The van der Waals surface area contributed by atoms with Crippen LogP contribution in [0.2, 0.25) is 0 Å². The molecule has 1 fully saturated rings. The number of rotatable bonds is 10. The molecule has 26 heavy (non-hydrogen) atoms. The van der Waals surface area contributed by atoms with Crippen molar-refractivity contribution in [1.82, 2.24) is 25.3 Å². The fraction of sp³-hybridized carbons (Fsp3) is 0.889. The van der Waals surface area contributed by atoms with Gasteiger partial charge in [0.25, 0.3) is 0 Å². The van der Waals surface area contributed by atoms with Gasteiger partial charge in [0.05, 0.1) is 6.54 Å². The number of nitrogens with one attached hydrogen (secondary N) is 2. The van der Waals surface area contributed by atoms with Crippen LogP contribution in [0.25, 0.3) is 0 Å². The second kappa shape index (κ2) is 15.4. The van der Waals surface area contributed by atoms with Crippen LogP contribution in [-0.4, -0.2) is 98.6 Å². The summed E-state index contributed by atoms with van der Waals surface area (Å²) >= 11 is 0. The van der Waals surface area contributed by atoms with Crippen molar-refractivity contribution in [3.05, 3.63) is 0 Å². The van der Waals surface area contributed by atoms with Crippen molar-refractivity contribution in [2.45, 2.75) is 34.1 Å². The molecule has 1 amide bonds. The molecule has 7 nitrogen and oxygen atoms in total. The average molecular weight is 482 g/mol. The third-order valence-electron chi connectivity index (χ3n) is 4.69. The highest BCUT2D eigenvalue weighted by Crippen LogP contribution is 2.00. The number of carbonyl (C=O) groups excluding carboxylic acids is 1. The van der Waals surface area contributed by atoms with E-state index in [1.807, 2.05) is 18.7 Å². The molecule has 1 rings (SSSR count). The van der Waals surface area contributed by atoms with Gasteiger partial charge in [0.15, 0.2) is 5.96 Å². The minimum Gasteiger partial charge on any atom is -0.357 e. The second-order valence-corrected chi connectivity index (χ2v) is 6.28. The number of aliphatic imine (C=N–C) groups is 1. The van der Waals surface area contributed by atoms with Gasteiger partial charge in [-0.2, -0.15) is 0 Å². The highest BCUT2D eigenvalue weighted by Gasteiger charge is 2.14. The number of hydrogen-bond donors (Lipinski definition) is 2. The fourth-order valence-electron chi connectivity index (χ4n) is 3.00. The number of hydrogen-bond acceptors (Lipinski definition) is 4. The highest BCUT2D eigenvalue weighted by molar-refractivity contribution is 14.0. The van der Waals surface area contributed by atoms with Crippen molar-refractivity contribution in [2.24, 2.45) is 4.99 Å². The zero-order valence-corrected chi connectivity index (χ0v) is 19.4. The SMILES string of the molecule is CCNC(=NCCN1CCN(CC)CC1)NCCC(=O)N(CC)CC.I. The summed E-state index contributed by atoms with van der Waals surface area (Å²) in [6.45, 7) is 18.8. The monoisotopic (exact) mass is 482 g/mol. The summed E-state index contributed by atoms with van der Waals surface area (Å²) in [5, 5.41) is 6.53. The Labute approximate surface area is 177 Å². The Morgan fingerprint density at radius 3 is 2.15 bits per heavy atom. The molecule has 0 saturated carbocycles. The van der Waals surface area contributed by atoms with Crippen molar-refractivity contribution >= 4 is 35.8 Å². The van der Waals surface area contributed by atoms with E-state index in [1.54, 1.807) is 0 Å². The molecule has 0 unspecified atom stereocenters. The number of halogens is 1. The van der Waals surface area contributed by atoms with E-state index in [2.05, 4.69) is 39.3 Å². The maximum absolute atomic E-state index is 12.0. The lowest BCUT2D eigenvalue weighted by atomic mass is 10.3. The molecule has 2 N–H and O–H groups in total. The van der Waals surface area contributed by atoms with Gasteiger partial charge in [-0.1, -0.05) is 6.92 Å². The average Bonchev–Trinajstić information content (AvgIpc) is 2.63. The van der Waals surface area contributed by atoms with E-state index in [4.69, 9.17) is 0 Å². The zero-order chi connectivity index (χ0) is 18.5. The first-order valence-electron chi connectivity index (χ1n) is 9.89. The summed E-state index contributed by atoms with van der Waals surface area (Å²) in [4.78, 5) is 23.5. The highest BCUT2D eigenvalue weighted by atomic mass is 127. The van der Waals surface area contributed by atoms with Crippen LogP contribution in [-0.2, 0) is 4.79 Å². The Bertz CT molecular complexity index is 395. The number of amides is 1. The zero-order valence-electron chi connectivity index (χ0n) is 17.1. The first kappa shape index (κ1) is 25.4. The van der Waals surface area contributed by atoms with Gasteiger partial charge in [0.2, 0.25) is 5.91 Å². The molecule has 8 heteroatoms. The lowest BCUT2D eigenvalue weighted by Gasteiger charge is -2.33. The molecule has 0 aromatic heterocycles. The van der Waals surface area contributed by atoms with E-state index >= 15 is 0 Å². The van der Waals surface area contributed by atoms with Crippen LogP contribution in [0.4, 0.5) is 0 Å². The Morgan fingerprint density at radius 1 is 1.00 bits per heavy atom. The molecule has 0 aromatic rings. The van der Waals surface area contributed by atoms with Crippen molar-refractivity contribution in [3.8, 4) is 0 Å². The summed E-state index contributed by atoms with van der Waals surface area (Å²) in [6, 6.07) is 0. The molecule has 1 heterocycles. The van der Waals surface area contributed by atoms with Crippen LogP contribution in [0, 0.1) is 0 Å². The molecule has 0 spiro atoms. The Balaban J connectivity index is 0.00000625. The largest absolute Gasteiger partial charge is 0.357 e. The van der Waals surface area contributed by atoms with Crippen LogP contribution in [0.5, 0.6) is 0 Å². The van der Waals surface area contributed by atoms with Crippen molar-refractivity contribution in [2.75, 3.05) is 72.0 Å². The Morgan fingerprint density at radius 2 is 1.62 bits per heavy atom. The van der Waals surface area contributed by atoms with Gasteiger partial charge in [0, 0.05) is 65.3 Å². The van der Waals surface area contributed by atoms with Crippen LogP contribution >= 0.6 is 24.0 Å². The lowest BCUT2D eigenvalue weighted by Crippen LogP contribution is -2.47. The molecule has 0 atom stereocenters. The smallest absolute Gasteiger partial charge is 0.224 e. The molecule has 0 radical (unpaired) electrons. The third kappa shape index (κ3) is 9.91. The number of likely N-dealkylation sites (N-methyl/N-ethyl adjacent to an activating group) is 1. The van der Waals surface area contributed by atoms with Crippen molar-refractivity contribution in [1.29, 1.82) is 0 Å². The number of nitrogens with zero attached hydrogens (tertiary/aromatic N) is 4. The minimum absolute atomic E-state index is 0. The molecule has 1 saturated heterocycles. The van der Waals surface area contributed by atoms with E-state index < -0.39 is 0 Å². The normalized spacial score (nSPS) is 16.1. The molecule has 0 aromatic carbocycles. The summed E-state index contributed by atoms with van der Waals surface area (Å²) in [6.07, 6.45) is 0.505. The predicted molar refractivity (Wildman–Crippen MR) is 120 cm³/mol. The van der Waals surface area contributed by atoms with E-state index in [1.165, 1.54) is 0 Å². The summed E-state index contributed by atoms with van der Waals surface area (Å²) in [5.41, 5.74) is 0. The lowest BCUT2D eigenvalue weighted by molar-refractivity contribution is -0.130. The molecule has 0 bridgehead atoms. The molecule has 0 aliphatic carbocycles. The van der Waals surface area contributed by atoms with Gasteiger partial charge >= 0.3 is 0 Å². The van der Waals surface area contributed by atoms with Crippen LogP contribution in [0.1, 0.15) is 34.1 Å². The van der Waals surface area contributed by atoms with Crippen LogP contribution < -0.4 is 10.6 Å². The fourth-order valence-corrected chi connectivity index (χ4v) is 3.00. The molecule has 154 valence electrons. The second-order valence-electron chi connectivity index (χ2n) is 6.28.